The van der Waals surface area contributed by atoms with E-state index in [2.05, 4.69) is 5.32 Å². The molecule has 1 amide bonds. The van der Waals surface area contributed by atoms with Crippen LogP contribution in [0.5, 0.6) is 0 Å². The average molecular weight is 489 g/mol. The van der Waals surface area contributed by atoms with Crippen molar-refractivity contribution in [2.75, 3.05) is 18.4 Å². The average Bonchev–Trinajstić information content (AvgIpc) is 2.87. The van der Waals surface area contributed by atoms with Gasteiger partial charge in [-0.25, -0.2) is 8.42 Å². The lowest BCUT2D eigenvalue weighted by Gasteiger charge is -2.30. The van der Waals surface area contributed by atoms with Crippen LogP contribution in [0.3, 0.4) is 0 Å². The van der Waals surface area contributed by atoms with E-state index in [9.17, 15) is 22.8 Å². The van der Waals surface area contributed by atoms with E-state index in [1.165, 1.54) is 28.6 Å². The number of amides is 1. The number of sulfonamides is 1. The van der Waals surface area contributed by atoms with Crippen LogP contribution in [0.4, 0.5) is 5.69 Å². The molecule has 3 aromatic carbocycles. The summed E-state index contributed by atoms with van der Waals surface area (Å²) >= 11 is 0. The first-order valence-corrected chi connectivity index (χ1v) is 12.9. The number of nitrogens with one attached hydrogen (secondary N) is 1. The molecule has 1 N–H and O–H groups in total. The molecule has 0 spiro atoms. The second-order valence-electron chi connectivity index (χ2n) is 9.02. The Kier molecular flexibility index (Phi) is 5.86. The van der Waals surface area contributed by atoms with Crippen molar-refractivity contribution in [3.8, 4) is 0 Å². The van der Waals surface area contributed by atoms with Gasteiger partial charge in [0.15, 0.2) is 11.6 Å². The van der Waals surface area contributed by atoms with Gasteiger partial charge in [0.1, 0.15) is 0 Å². The van der Waals surface area contributed by atoms with E-state index in [4.69, 9.17) is 0 Å². The fourth-order valence-electron chi connectivity index (χ4n) is 4.74. The molecule has 1 saturated heterocycles. The van der Waals surface area contributed by atoms with Gasteiger partial charge in [-0.05, 0) is 49.1 Å². The van der Waals surface area contributed by atoms with E-state index in [0.717, 1.165) is 12.8 Å². The third-order valence-electron chi connectivity index (χ3n) is 6.57. The van der Waals surface area contributed by atoms with Gasteiger partial charge < -0.3 is 5.32 Å². The number of carbonyl (C=O) groups is 3. The number of nitrogens with zero attached hydrogens (tertiary/aromatic N) is 1. The van der Waals surface area contributed by atoms with Gasteiger partial charge >= 0.3 is 0 Å². The second-order valence-corrected chi connectivity index (χ2v) is 11.0. The Bertz CT molecular complexity index is 1460. The van der Waals surface area contributed by atoms with Crippen LogP contribution >= 0.6 is 0 Å². The molecule has 0 unspecified atom stereocenters. The molecule has 2 aliphatic rings. The van der Waals surface area contributed by atoms with Crippen LogP contribution in [0.1, 0.15) is 62.0 Å². The number of piperidine rings is 1. The van der Waals surface area contributed by atoms with Crippen LogP contribution in [0.15, 0.2) is 71.6 Å². The van der Waals surface area contributed by atoms with Gasteiger partial charge in [0, 0.05) is 35.3 Å². The molecule has 1 heterocycles. The Morgan fingerprint density at radius 3 is 2.23 bits per heavy atom. The summed E-state index contributed by atoms with van der Waals surface area (Å²) in [7, 11) is -3.63. The maximum absolute atomic E-state index is 13.1. The minimum absolute atomic E-state index is 0.137. The molecule has 35 heavy (non-hydrogen) atoms. The Hall–Kier alpha value is -3.62. The molecule has 1 aliphatic carbocycles. The normalized spacial score (nSPS) is 18.0. The standard InChI is InChI=1S/C27H24N2O5S/c1-17-6-5-15-29(16-17)35(33,34)19-13-11-18(12-14-19)27(32)28-23-10-4-9-22-24(23)26(31)21-8-3-2-7-20(21)25(22)30/h2-4,7-14,17H,5-6,15-16H2,1H3,(H,28,32)/t17-/m1/s1. The summed E-state index contributed by atoms with van der Waals surface area (Å²) < 4.78 is 27.5. The van der Waals surface area contributed by atoms with Gasteiger partial charge in [-0.2, -0.15) is 4.31 Å². The molecule has 1 aliphatic heterocycles. The van der Waals surface area contributed by atoms with Crippen molar-refractivity contribution in [2.24, 2.45) is 5.92 Å². The highest BCUT2D eigenvalue weighted by Crippen LogP contribution is 2.32. The lowest BCUT2D eigenvalue weighted by Crippen LogP contribution is -2.39. The molecular formula is C27H24N2O5S. The Morgan fingerprint density at radius 2 is 1.54 bits per heavy atom. The quantitative estimate of drug-likeness (QED) is 0.465. The van der Waals surface area contributed by atoms with Gasteiger partial charge in [0.25, 0.3) is 5.91 Å². The van der Waals surface area contributed by atoms with Crippen LogP contribution in [-0.2, 0) is 10.0 Å². The Labute approximate surface area is 203 Å². The highest BCUT2D eigenvalue weighted by atomic mass is 32.2. The minimum Gasteiger partial charge on any atom is -0.321 e. The van der Waals surface area contributed by atoms with Gasteiger partial charge in [-0.1, -0.05) is 43.3 Å². The summed E-state index contributed by atoms with van der Waals surface area (Å²) in [5.74, 6) is -0.800. The van der Waals surface area contributed by atoms with Crippen LogP contribution in [0.25, 0.3) is 0 Å². The molecular weight excluding hydrogens is 464 g/mol. The zero-order chi connectivity index (χ0) is 24.7. The number of rotatable bonds is 4. The van der Waals surface area contributed by atoms with E-state index in [1.807, 2.05) is 6.92 Å². The molecule has 0 bridgehead atoms. The van der Waals surface area contributed by atoms with Gasteiger partial charge in [-0.15, -0.1) is 0 Å². The smallest absolute Gasteiger partial charge is 0.255 e. The third kappa shape index (κ3) is 4.09. The number of benzene rings is 3. The fraction of sp³-hybridized carbons (Fsp3) is 0.222. The van der Waals surface area contributed by atoms with Crippen molar-refractivity contribution in [3.05, 3.63) is 94.5 Å². The molecule has 0 saturated carbocycles. The first-order valence-electron chi connectivity index (χ1n) is 11.5. The summed E-state index contributed by atoms with van der Waals surface area (Å²) in [6.07, 6.45) is 1.84. The SMILES string of the molecule is C[C@@H]1CCCN(S(=O)(=O)c2ccc(C(=O)Nc3cccc4c3C(=O)c3ccccc3C4=O)cc2)C1. The molecule has 7 nitrogen and oxygen atoms in total. The van der Waals surface area contributed by atoms with Crippen LogP contribution in [0, 0.1) is 5.92 Å². The molecule has 178 valence electrons. The van der Waals surface area contributed by atoms with Crippen molar-refractivity contribution in [2.45, 2.75) is 24.7 Å². The van der Waals surface area contributed by atoms with Crippen LogP contribution in [0.2, 0.25) is 0 Å². The van der Waals surface area contributed by atoms with Crippen LogP contribution in [-0.4, -0.2) is 43.3 Å². The maximum atomic E-state index is 13.1. The minimum atomic E-state index is -3.63. The fourth-order valence-corrected chi connectivity index (χ4v) is 6.33. The number of fused-ring (bicyclic) bond motifs is 2. The van der Waals surface area contributed by atoms with Crippen LogP contribution < -0.4 is 5.32 Å². The monoisotopic (exact) mass is 488 g/mol. The Balaban J connectivity index is 1.40. The van der Waals surface area contributed by atoms with E-state index in [0.29, 0.717) is 30.1 Å². The number of hydrogen-bond donors (Lipinski definition) is 1. The zero-order valence-electron chi connectivity index (χ0n) is 19.2. The van der Waals surface area contributed by atoms with E-state index in [1.54, 1.807) is 42.5 Å². The highest BCUT2D eigenvalue weighted by Gasteiger charge is 2.32. The van der Waals surface area contributed by atoms with Crippen molar-refractivity contribution >= 4 is 33.2 Å². The number of ketones is 2. The molecule has 0 aromatic heterocycles. The molecule has 8 heteroatoms. The van der Waals surface area contributed by atoms with Crippen molar-refractivity contribution in [1.82, 2.24) is 4.31 Å². The van der Waals surface area contributed by atoms with Gasteiger partial charge in [0.2, 0.25) is 10.0 Å². The first-order chi connectivity index (χ1) is 16.8. The number of hydrogen-bond acceptors (Lipinski definition) is 5. The van der Waals surface area contributed by atoms with Crippen molar-refractivity contribution < 1.29 is 22.8 Å². The number of carbonyl (C=O) groups excluding carboxylic acids is 3. The molecule has 3 aromatic rings. The zero-order valence-corrected chi connectivity index (χ0v) is 20.0. The summed E-state index contributed by atoms with van der Waals surface area (Å²) in [5, 5.41) is 2.72. The van der Waals surface area contributed by atoms with E-state index in [-0.39, 0.29) is 38.8 Å². The predicted octanol–water partition coefficient (Wildman–Crippen LogP) is 4.13. The summed E-state index contributed by atoms with van der Waals surface area (Å²) in [6.45, 7) is 3.01. The Morgan fingerprint density at radius 1 is 0.886 bits per heavy atom. The van der Waals surface area contributed by atoms with Crippen molar-refractivity contribution in [3.63, 3.8) is 0 Å². The van der Waals surface area contributed by atoms with E-state index < -0.39 is 15.9 Å². The third-order valence-corrected chi connectivity index (χ3v) is 8.45. The summed E-state index contributed by atoms with van der Waals surface area (Å²) in [4.78, 5) is 39.2. The predicted molar refractivity (Wildman–Crippen MR) is 131 cm³/mol. The van der Waals surface area contributed by atoms with Crippen molar-refractivity contribution in [1.29, 1.82) is 0 Å². The topological polar surface area (TPSA) is 101 Å². The van der Waals surface area contributed by atoms with Gasteiger partial charge in [0.05, 0.1) is 16.1 Å². The summed E-state index contributed by atoms with van der Waals surface area (Å²) in [5.41, 5.74) is 1.51. The molecule has 1 atom stereocenters. The number of anilines is 1. The summed E-state index contributed by atoms with van der Waals surface area (Å²) in [6, 6.07) is 17.1. The second kappa shape index (κ2) is 8.87. The maximum Gasteiger partial charge on any atom is 0.255 e. The molecule has 5 rings (SSSR count). The molecule has 0 radical (unpaired) electrons. The van der Waals surface area contributed by atoms with Gasteiger partial charge in [-0.3, -0.25) is 14.4 Å². The van der Waals surface area contributed by atoms with E-state index >= 15 is 0 Å². The molecule has 1 fully saturated rings. The first kappa shape index (κ1) is 23.1. The lowest BCUT2D eigenvalue weighted by molar-refractivity contribution is 0.0978. The highest BCUT2D eigenvalue weighted by molar-refractivity contribution is 7.89. The largest absolute Gasteiger partial charge is 0.321 e. The lowest BCUT2D eigenvalue weighted by atomic mass is 9.83.